The van der Waals surface area contributed by atoms with Crippen LogP contribution in [0.2, 0.25) is 0 Å². The van der Waals surface area contributed by atoms with Gasteiger partial charge >= 0.3 is 0 Å². The molecule has 1 saturated heterocycles. The highest BCUT2D eigenvalue weighted by molar-refractivity contribution is 7.91. The Morgan fingerprint density at radius 3 is 2.82 bits per heavy atom. The lowest BCUT2D eigenvalue weighted by Crippen LogP contribution is -3.16. The number of hydrogen-bond acceptors (Lipinski definition) is 3. The Bertz CT molecular complexity index is 130. The second kappa shape index (κ2) is 4.03. The van der Waals surface area contributed by atoms with Crippen molar-refractivity contribution in [1.82, 2.24) is 4.90 Å². The summed E-state index contributed by atoms with van der Waals surface area (Å²) in [6, 6.07) is 0. The molecule has 2 nitrogen and oxygen atoms in total. The highest BCUT2D eigenvalue weighted by atomic mass is 32.2. The second-order valence-corrected chi connectivity index (χ2v) is 4.48. The lowest BCUT2D eigenvalue weighted by molar-refractivity contribution is -0.922. The van der Waals surface area contributed by atoms with Crippen molar-refractivity contribution in [3.8, 4) is 0 Å². The van der Waals surface area contributed by atoms with Gasteiger partial charge in [-0.15, -0.1) is 0 Å². The van der Waals surface area contributed by atoms with Gasteiger partial charge in [-0.3, -0.25) is 4.90 Å². The molecule has 0 bridgehead atoms. The molecule has 1 heterocycles. The third kappa shape index (κ3) is 2.28. The molecular formula is C7H16N2S2. The standard InChI is InChI=1S/C7H16N2S2/c1-6-8(2)4-3-5-9(6)7(10)11/h6-7,10-11H,3-5H2,1-2H3. The van der Waals surface area contributed by atoms with Gasteiger partial charge in [0.05, 0.1) is 13.6 Å². The number of rotatable bonds is 1. The summed E-state index contributed by atoms with van der Waals surface area (Å²) in [5.41, 5.74) is 0. The van der Waals surface area contributed by atoms with Gasteiger partial charge < -0.3 is 17.5 Å². The Balaban J connectivity index is 2.51. The molecule has 3 atom stereocenters. The van der Waals surface area contributed by atoms with Crippen LogP contribution in [0.5, 0.6) is 0 Å². The monoisotopic (exact) mass is 192 g/mol. The van der Waals surface area contributed by atoms with E-state index in [1.807, 2.05) is 0 Å². The Morgan fingerprint density at radius 2 is 2.36 bits per heavy atom. The van der Waals surface area contributed by atoms with Crippen LogP contribution in [0.25, 0.3) is 0 Å². The molecule has 3 unspecified atom stereocenters. The van der Waals surface area contributed by atoms with Crippen molar-refractivity contribution in [2.75, 3.05) is 20.1 Å². The maximum atomic E-state index is 5.11. The fourth-order valence-corrected chi connectivity index (χ4v) is 2.13. The molecule has 0 aromatic heterocycles. The predicted molar refractivity (Wildman–Crippen MR) is 52.7 cm³/mol. The normalized spacial score (nSPS) is 37.1. The third-order valence-corrected chi connectivity index (χ3v) is 3.05. The number of hydrogen-bond donors (Lipinski definition) is 2. The summed E-state index contributed by atoms with van der Waals surface area (Å²) in [4.78, 5) is 3.80. The van der Waals surface area contributed by atoms with Crippen molar-refractivity contribution >= 4 is 25.3 Å². The Hall–Kier alpha value is 0.620. The molecule has 0 radical (unpaired) electrons. The van der Waals surface area contributed by atoms with Crippen LogP contribution >= 0.6 is 12.6 Å². The minimum absolute atomic E-state index is 0.0137. The van der Waals surface area contributed by atoms with Crippen molar-refractivity contribution in [2.45, 2.75) is 24.2 Å². The first-order chi connectivity index (χ1) is 5.13. The number of thiol groups is 1. The summed E-state index contributed by atoms with van der Waals surface area (Å²) in [5.74, 6) is 0. The summed E-state index contributed by atoms with van der Waals surface area (Å²) in [6.07, 6.45) is 1.77. The Kier molecular flexibility index (Phi) is 3.55. The average molecular weight is 192 g/mol. The van der Waals surface area contributed by atoms with E-state index in [9.17, 15) is 0 Å². The van der Waals surface area contributed by atoms with Gasteiger partial charge in [0, 0.05) is 19.9 Å². The quantitative estimate of drug-likeness (QED) is 0.420. The smallest absolute Gasteiger partial charge is 0.139 e. The largest absolute Gasteiger partial charge is 0.763 e. The fraction of sp³-hybridized carbons (Fsp3) is 1.00. The van der Waals surface area contributed by atoms with E-state index in [0.29, 0.717) is 6.17 Å². The molecule has 1 rings (SSSR count). The van der Waals surface area contributed by atoms with E-state index in [1.165, 1.54) is 13.0 Å². The van der Waals surface area contributed by atoms with Crippen LogP contribution in [0.3, 0.4) is 0 Å². The van der Waals surface area contributed by atoms with E-state index < -0.39 is 0 Å². The Morgan fingerprint density at radius 1 is 1.73 bits per heavy atom. The van der Waals surface area contributed by atoms with Crippen LogP contribution in [0.15, 0.2) is 0 Å². The molecule has 0 saturated carbocycles. The summed E-state index contributed by atoms with van der Waals surface area (Å²) in [7, 11) is 2.21. The van der Waals surface area contributed by atoms with Crippen LogP contribution in [-0.4, -0.2) is 35.9 Å². The lowest BCUT2D eigenvalue weighted by atomic mass is 10.2. The Labute approximate surface area is 79.8 Å². The topological polar surface area (TPSA) is 7.68 Å². The SMILES string of the molecule is CC1N(C([S-])S)CCC[NH+]1C. The van der Waals surface area contributed by atoms with E-state index >= 15 is 0 Å². The van der Waals surface area contributed by atoms with Crippen molar-refractivity contribution in [3.05, 3.63) is 0 Å². The summed E-state index contributed by atoms with van der Waals surface area (Å²) in [6.45, 7) is 4.58. The van der Waals surface area contributed by atoms with Crippen LogP contribution in [0.4, 0.5) is 0 Å². The predicted octanol–water partition coefficient (Wildman–Crippen LogP) is -0.687. The molecule has 66 valence electrons. The zero-order valence-corrected chi connectivity index (χ0v) is 8.79. The summed E-state index contributed by atoms with van der Waals surface area (Å²) in [5, 5.41) is 0. The molecule has 0 aromatic rings. The maximum Gasteiger partial charge on any atom is 0.139 e. The van der Waals surface area contributed by atoms with Crippen molar-refractivity contribution in [3.63, 3.8) is 0 Å². The van der Waals surface area contributed by atoms with Gasteiger partial charge in [-0.1, -0.05) is 4.71 Å². The number of nitrogens with one attached hydrogen (secondary N) is 1. The number of nitrogens with zero attached hydrogens (tertiary/aromatic N) is 1. The van der Waals surface area contributed by atoms with E-state index in [0.717, 1.165) is 6.54 Å². The first kappa shape index (κ1) is 9.71. The molecule has 1 aliphatic heterocycles. The van der Waals surface area contributed by atoms with E-state index in [2.05, 4.69) is 31.5 Å². The van der Waals surface area contributed by atoms with Gasteiger partial charge in [-0.05, 0) is 0 Å². The zero-order chi connectivity index (χ0) is 8.43. The fourth-order valence-electron chi connectivity index (χ4n) is 1.53. The summed E-state index contributed by atoms with van der Waals surface area (Å²) < 4.78 is -0.0137. The zero-order valence-electron chi connectivity index (χ0n) is 7.08. The second-order valence-electron chi connectivity index (χ2n) is 3.19. The van der Waals surface area contributed by atoms with Gasteiger partial charge in [0.2, 0.25) is 0 Å². The van der Waals surface area contributed by atoms with Gasteiger partial charge in [-0.25, -0.2) is 0 Å². The molecule has 1 aliphatic rings. The maximum absolute atomic E-state index is 5.11. The van der Waals surface area contributed by atoms with Gasteiger partial charge in [0.1, 0.15) is 6.17 Å². The molecule has 0 aliphatic carbocycles. The highest BCUT2D eigenvalue weighted by Crippen LogP contribution is 2.07. The average Bonchev–Trinajstić information content (AvgIpc) is 1.94. The molecule has 11 heavy (non-hydrogen) atoms. The first-order valence-corrected chi connectivity index (χ1v) is 5.03. The minimum atomic E-state index is -0.0137. The van der Waals surface area contributed by atoms with Crippen LogP contribution in [0, 0.1) is 0 Å². The lowest BCUT2D eigenvalue weighted by Gasteiger charge is -2.43. The van der Waals surface area contributed by atoms with Gasteiger partial charge in [-0.2, -0.15) is 12.6 Å². The number of quaternary nitrogens is 1. The molecule has 0 amide bonds. The van der Waals surface area contributed by atoms with E-state index in [4.69, 9.17) is 12.6 Å². The van der Waals surface area contributed by atoms with Crippen LogP contribution in [0.1, 0.15) is 13.3 Å². The van der Waals surface area contributed by atoms with E-state index in [1.54, 1.807) is 4.90 Å². The first-order valence-electron chi connectivity index (χ1n) is 4.05. The highest BCUT2D eigenvalue weighted by Gasteiger charge is 2.25. The van der Waals surface area contributed by atoms with Crippen molar-refractivity contribution in [1.29, 1.82) is 0 Å². The van der Waals surface area contributed by atoms with Crippen LogP contribution < -0.4 is 4.90 Å². The molecule has 0 spiro atoms. The summed E-state index contributed by atoms with van der Waals surface area (Å²) >= 11 is 9.37. The molecule has 1 fully saturated rings. The third-order valence-electron chi connectivity index (χ3n) is 2.48. The van der Waals surface area contributed by atoms with Crippen molar-refractivity contribution < 1.29 is 4.90 Å². The van der Waals surface area contributed by atoms with Crippen LogP contribution in [-0.2, 0) is 12.6 Å². The van der Waals surface area contributed by atoms with Gasteiger partial charge in [0.25, 0.3) is 0 Å². The van der Waals surface area contributed by atoms with Gasteiger partial charge in [0.15, 0.2) is 0 Å². The van der Waals surface area contributed by atoms with E-state index in [-0.39, 0.29) is 4.71 Å². The minimum Gasteiger partial charge on any atom is -0.763 e. The molecule has 4 heteroatoms. The molecule has 0 aromatic carbocycles. The van der Waals surface area contributed by atoms with Crippen molar-refractivity contribution in [2.24, 2.45) is 0 Å². The molecular weight excluding hydrogens is 176 g/mol. The molecule has 1 N–H and O–H groups in total.